The van der Waals surface area contributed by atoms with Crippen molar-refractivity contribution in [3.63, 3.8) is 0 Å². The molecule has 0 rings (SSSR count). The minimum absolute atomic E-state index is 0.0972. The second kappa shape index (κ2) is 5.21. The van der Waals surface area contributed by atoms with Crippen LogP contribution in [0, 0.1) is 5.92 Å². The molecular weight excluding hydrogens is 124 g/mol. The molecule has 0 amide bonds. The summed E-state index contributed by atoms with van der Waals surface area (Å²) in [6, 6.07) is 0. The summed E-state index contributed by atoms with van der Waals surface area (Å²) in [6.07, 6.45) is 4.99. The Morgan fingerprint density at radius 1 is 1.70 bits per heavy atom. The molecule has 1 atom stereocenters. The van der Waals surface area contributed by atoms with Gasteiger partial charge in [0.15, 0.2) is 0 Å². The van der Waals surface area contributed by atoms with Gasteiger partial charge in [0.25, 0.3) is 0 Å². The molecule has 0 aliphatic heterocycles. The molecule has 0 unspecified atom stereocenters. The molecule has 0 saturated carbocycles. The zero-order valence-electron chi connectivity index (χ0n) is 6.89. The maximum absolute atomic E-state index is 10.8. The summed E-state index contributed by atoms with van der Waals surface area (Å²) in [4.78, 5) is 10.8. The van der Waals surface area contributed by atoms with Crippen LogP contribution >= 0.6 is 0 Å². The summed E-state index contributed by atoms with van der Waals surface area (Å²) < 4.78 is 0. The van der Waals surface area contributed by atoms with Gasteiger partial charge >= 0.3 is 0 Å². The summed E-state index contributed by atoms with van der Waals surface area (Å²) in [5, 5.41) is 0. The summed E-state index contributed by atoms with van der Waals surface area (Å²) in [6.45, 7) is 7.37. The van der Waals surface area contributed by atoms with Gasteiger partial charge in [-0.2, -0.15) is 0 Å². The zero-order chi connectivity index (χ0) is 7.98. The van der Waals surface area contributed by atoms with Crippen molar-refractivity contribution >= 4 is 5.78 Å². The maximum Gasteiger partial charge on any atom is 0.136 e. The Morgan fingerprint density at radius 3 is 2.60 bits per heavy atom. The van der Waals surface area contributed by atoms with Gasteiger partial charge in [0.1, 0.15) is 5.78 Å². The Morgan fingerprint density at radius 2 is 2.30 bits per heavy atom. The lowest BCUT2D eigenvalue weighted by molar-refractivity contribution is -0.119. The predicted octanol–water partition coefficient (Wildman–Crippen LogP) is 2.57. The van der Waals surface area contributed by atoms with Gasteiger partial charge in [-0.1, -0.05) is 25.8 Å². The molecule has 0 spiro atoms. The van der Waals surface area contributed by atoms with Crippen molar-refractivity contribution in [2.75, 3.05) is 0 Å². The third-order valence-electron chi connectivity index (χ3n) is 1.68. The minimum Gasteiger partial charge on any atom is -0.299 e. The van der Waals surface area contributed by atoms with E-state index in [1.54, 1.807) is 13.0 Å². The van der Waals surface area contributed by atoms with Gasteiger partial charge in [-0.25, -0.2) is 0 Å². The number of ketones is 1. The van der Waals surface area contributed by atoms with Crippen molar-refractivity contribution in [1.29, 1.82) is 0 Å². The monoisotopic (exact) mass is 140 g/mol. The third kappa shape index (κ3) is 3.44. The largest absolute Gasteiger partial charge is 0.299 e. The highest BCUT2D eigenvalue weighted by molar-refractivity contribution is 5.79. The van der Waals surface area contributed by atoms with E-state index in [1.807, 2.05) is 0 Å². The van der Waals surface area contributed by atoms with E-state index in [0.29, 0.717) is 0 Å². The van der Waals surface area contributed by atoms with E-state index < -0.39 is 0 Å². The molecule has 0 aromatic carbocycles. The van der Waals surface area contributed by atoms with Gasteiger partial charge in [0, 0.05) is 5.92 Å². The van der Waals surface area contributed by atoms with Crippen LogP contribution in [0.15, 0.2) is 12.7 Å². The number of hydrogen-bond acceptors (Lipinski definition) is 1. The molecule has 0 aliphatic carbocycles. The standard InChI is InChI=1S/C9H16O/c1-4-6-7-9(5-2)8(3)10/h5,9H,2,4,6-7H2,1,3H3/t9-/m0/s1. The SMILES string of the molecule is C=C[C@@H](CCCC)C(C)=O. The number of Topliss-reactive ketones (excluding diaryl/α,β-unsaturated/α-hetero) is 1. The van der Waals surface area contributed by atoms with Crippen LogP contribution in [0.1, 0.15) is 33.1 Å². The van der Waals surface area contributed by atoms with Gasteiger partial charge in [-0.05, 0) is 13.3 Å². The van der Waals surface area contributed by atoms with Crippen LogP contribution in [-0.2, 0) is 4.79 Å². The normalized spacial score (nSPS) is 12.6. The molecule has 1 nitrogen and oxygen atoms in total. The number of carbonyl (C=O) groups excluding carboxylic acids is 1. The predicted molar refractivity (Wildman–Crippen MR) is 43.9 cm³/mol. The van der Waals surface area contributed by atoms with Crippen LogP contribution in [0.3, 0.4) is 0 Å². The van der Waals surface area contributed by atoms with Gasteiger partial charge in [-0.3, -0.25) is 4.79 Å². The van der Waals surface area contributed by atoms with Gasteiger partial charge < -0.3 is 0 Å². The molecule has 0 bridgehead atoms. The molecule has 0 heterocycles. The first kappa shape index (κ1) is 9.41. The number of hydrogen-bond donors (Lipinski definition) is 0. The van der Waals surface area contributed by atoms with Crippen LogP contribution in [0.2, 0.25) is 0 Å². The Hall–Kier alpha value is -0.590. The van der Waals surface area contributed by atoms with Crippen LogP contribution in [0.5, 0.6) is 0 Å². The van der Waals surface area contributed by atoms with Crippen molar-refractivity contribution in [3.05, 3.63) is 12.7 Å². The zero-order valence-corrected chi connectivity index (χ0v) is 6.89. The number of carbonyl (C=O) groups is 1. The third-order valence-corrected chi connectivity index (χ3v) is 1.68. The van der Waals surface area contributed by atoms with Crippen LogP contribution < -0.4 is 0 Å². The highest BCUT2D eigenvalue weighted by Gasteiger charge is 2.07. The Bertz CT molecular complexity index is 116. The molecule has 0 fully saturated rings. The summed E-state index contributed by atoms with van der Waals surface area (Å²) >= 11 is 0. The first-order chi connectivity index (χ1) is 4.72. The number of allylic oxidation sites excluding steroid dienone is 1. The van der Waals surface area contributed by atoms with Crippen molar-refractivity contribution in [1.82, 2.24) is 0 Å². The Labute approximate surface area is 63.1 Å². The molecular formula is C9H16O. The molecule has 0 N–H and O–H groups in total. The fourth-order valence-corrected chi connectivity index (χ4v) is 0.911. The van der Waals surface area contributed by atoms with Crippen LogP contribution in [0.25, 0.3) is 0 Å². The summed E-state index contributed by atoms with van der Waals surface area (Å²) in [5.41, 5.74) is 0. The van der Waals surface area contributed by atoms with Gasteiger partial charge in [0.2, 0.25) is 0 Å². The van der Waals surface area contributed by atoms with Gasteiger partial charge in [0.05, 0.1) is 0 Å². The molecule has 0 aromatic rings. The second-order valence-electron chi connectivity index (χ2n) is 2.60. The smallest absolute Gasteiger partial charge is 0.136 e. The first-order valence-corrected chi connectivity index (χ1v) is 3.85. The molecule has 0 aromatic heterocycles. The van der Waals surface area contributed by atoms with E-state index in [0.717, 1.165) is 19.3 Å². The molecule has 1 heteroatoms. The highest BCUT2D eigenvalue weighted by atomic mass is 16.1. The maximum atomic E-state index is 10.8. The quantitative estimate of drug-likeness (QED) is 0.536. The van der Waals surface area contributed by atoms with Gasteiger partial charge in [-0.15, -0.1) is 6.58 Å². The van der Waals surface area contributed by atoms with E-state index in [2.05, 4.69) is 13.5 Å². The highest BCUT2D eigenvalue weighted by Crippen LogP contribution is 2.09. The lowest BCUT2D eigenvalue weighted by Gasteiger charge is -2.05. The van der Waals surface area contributed by atoms with Crippen molar-refractivity contribution < 1.29 is 4.79 Å². The topological polar surface area (TPSA) is 17.1 Å². The van der Waals surface area contributed by atoms with E-state index in [1.165, 1.54) is 0 Å². The van der Waals surface area contributed by atoms with Crippen molar-refractivity contribution in [2.24, 2.45) is 5.92 Å². The van der Waals surface area contributed by atoms with E-state index in [9.17, 15) is 4.79 Å². The van der Waals surface area contributed by atoms with E-state index in [-0.39, 0.29) is 11.7 Å². The number of unbranched alkanes of at least 4 members (excludes halogenated alkanes) is 1. The fraction of sp³-hybridized carbons (Fsp3) is 0.667. The van der Waals surface area contributed by atoms with Crippen LogP contribution in [-0.4, -0.2) is 5.78 Å². The summed E-state index contributed by atoms with van der Waals surface area (Å²) in [7, 11) is 0. The lowest BCUT2D eigenvalue weighted by atomic mass is 9.99. The van der Waals surface area contributed by atoms with E-state index >= 15 is 0 Å². The van der Waals surface area contributed by atoms with E-state index in [4.69, 9.17) is 0 Å². The Kier molecular flexibility index (Phi) is 4.91. The van der Waals surface area contributed by atoms with Crippen molar-refractivity contribution in [3.8, 4) is 0 Å². The molecule has 0 aliphatic rings. The average molecular weight is 140 g/mol. The molecule has 58 valence electrons. The summed E-state index contributed by atoms with van der Waals surface area (Å²) in [5.74, 6) is 0.336. The molecule has 0 saturated heterocycles. The molecule has 0 radical (unpaired) electrons. The van der Waals surface area contributed by atoms with Crippen LogP contribution in [0.4, 0.5) is 0 Å². The molecule has 10 heavy (non-hydrogen) atoms. The minimum atomic E-state index is 0.0972. The Balaban J connectivity index is 3.60. The lowest BCUT2D eigenvalue weighted by Crippen LogP contribution is -2.06. The second-order valence-corrected chi connectivity index (χ2v) is 2.60. The fourth-order valence-electron chi connectivity index (χ4n) is 0.911. The first-order valence-electron chi connectivity index (χ1n) is 3.85. The van der Waals surface area contributed by atoms with Crippen molar-refractivity contribution in [2.45, 2.75) is 33.1 Å². The number of rotatable bonds is 5. The average Bonchev–Trinajstić information content (AvgIpc) is 1.89.